The molecule has 0 aromatic heterocycles. The molecule has 1 amide bonds. The number of benzene rings is 1. The highest BCUT2D eigenvalue weighted by Crippen LogP contribution is 2.17. The SMILES string of the molecule is COCC(C)N(C)C(=O)c1ccc(Br)c(F)c1. The molecule has 0 saturated carbocycles. The van der Waals surface area contributed by atoms with Crippen molar-refractivity contribution in [1.29, 1.82) is 0 Å². The lowest BCUT2D eigenvalue weighted by molar-refractivity contribution is 0.0633. The maximum atomic E-state index is 13.3. The number of likely N-dealkylation sites (N-methyl/N-ethyl adjacent to an activating group) is 1. The van der Waals surface area contributed by atoms with E-state index in [1.165, 1.54) is 17.0 Å². The summed E-state index contributed by atoms with van der Waals surface area (Å²) < 4.78 is 18.6. The molecule has 1 rings (SSSR count). The van der Waals surface area contributed by atoms with Crippen molar-refractivity contribution in [2.45, 2.75) is 13.0 Å². The van der Waals surface area contributed by atoms with E-state index in [4.69, 9.17) is 4.74 Å². The number of hydrogen-bond donors (Lipinski definition) is 0. The Morgan fingerprint density at radius 1 is 1.59 bits per heavy atom. The van der Waals surface area contributed by atoms with Gasteiger partial charge in [0.05, 0.1) is 17.1 Å². The molecule has 0 bridgehead atoms. The zero-order chi connectivity index (χ0) is 13.0. The van der Waals surface area contributed by atoms with Crippen LogP contribution >= 0.6 is 15.9 Å². The second kappa shape index (κ2) is 6.12. The first-order valence-corrected chi connectivity index (χ1v) is 5.97. The quantitative estimate of drug-likeness (QED) is 0.856. The zero-order valence-corrected chi connectivity index (χ0v) is 11.6. The molecular weight excluding hydrogens is 289 g/mol. The van der Waals surface area contributed by atoms with E-state index in [9.17, 15) is 9.18 Å². The second-order valence-electron chi connectivity index (χ2n) is 3.85. The van der Waals surface area contributed by atoms with Crippen molar-refractivity contribution < 1.29 is 13.9 Å². The predicted octanol–water partition coefficient (Wildman–Crippen LogP) is 2.70. The van der Waals surface area contributed by atoms with Crippen LogP contribution in [0.2, 0.25) is 0 Å². The third-order valence-electron chi connectivity index (χ3n) is 2.56. The van der Waals surface area contributed by atoms with Crippen molar-refractivity contribution in [3.8, 4) is 0 Å². The van der Waals surface area contributed by atoms with Crippen molar-refractivity contribution in [2.24, 2.45) is 0 Å². The van der Waals surface area contributed by atoms with Crippen LogP contribution in [0.5, 0.6) is 0 Å². The first-order valence-electron chi connectivity index (χ1n) is 5.18. The molecule has 1 atom stereocenters. The van der Waals surface area contributed by atoms with Gasteiger partial charge in [-0.05, 0) is 41.1 Å². The third-order valence-corrected chi connectivity index (χ3v) is 3.20. The van der Waals surface area contributed by atoms with Gasteiger partial charge in [-0.3, -0.25) is 4.79 Å². The smallest absolute Gasteiger partial charge is 0.254 e. The zero-order valence-electron chi connectivity index (χ0n) is 10.0. The first kappa shape index (κ1) is 14.1. The molecule has 0 saturated heterocycles. The number of rotatable bonds is 4. The maximum Gasteiger partial charge on any atom is 0.254 e. The summed E-state index contributed by atoms with van der Waals surface area (Å²) in [6.45, 7) is 2.32. The standard InChI is InChI=1S/C12H15BrFNO2/c1-8(7-17-3)15(2)12(16)9-4-5-10(13)11(14)6-9/h4-6,8H,7H2,1-3H3. The van der Waals surface area contributed by atoms with Crippen LogP contribution < -0.4 is 0 Å². The number of nitrogens with zero attached hydrogens (tertiary/aromatic N) is 1. The van der Waals surface area contributed by atoms with E-state index in [2.05, 4.69) is 15.9 Å². The molecule has 5 heteroatoms. The largest absolute Gasteiger partial charge is 0.383 e. The summed E-state index contributed by atoms with van der Waals surface area (Å²) >= 11 is 3.05. The van der Waals surface area contributed by atoms with Crippen LogP contribution in [0.15, 0.2) is 22.7 Å². The molecule has 1 aromatic rings. The Morgan fingerprint density at radius 2 is 2.24 bits per heavy atom. The van der Waals surface area contributed by atoms with Crippen molar-refractivity contribution >= 4 is 21.8 Å². The van der Waals surface area contributed by atoms with Crippen LogP contribution in [0.3, 0.4) is 0 Å². The molecule has 0 aliphatic rings. The highest BCUT2D eigenvalue weighted by molar-refractivity contribution is 9.10. The lowest BCUT2D eigenvalue weighted by Crippen LogP contribution is -2.37. The van der Waals surface area contributed by atoms with E-state index < -0.39 is 5.82 Å². The number of hydrogen-bond acceptors (Lipinski definition) is 2. The maximum absolute atomic E-state index is 13.3. The van der Waals surface area contributed by atoms with Crippen molar-refractivity contribution in [3.05, 3.63) is 34.1 Å². The summed E-state index contributed by atoms with van der Waals surface area (Å²) in [5, 5.41) is 0. The predicted molar refractivity (Wildman–Crippen MR) is 67.5 cm³/mol. The van der Waals surface area contributed by atoms with Gasteiger partial charge in [-0.1, -0.05) is 0 Å². The van der Waals surface area contributed by atoms with E-state index in [1.807, 2.05) is 6.92 Å². The number of ether oxygens (including phenoxy) is 1. The van der Waals surface area contributed by atoms with Gasteiger partial charge in [-0.2, -0.15) is 0 Å². The number of amides is 1. The molecule has 0 N–H and O–H groups in total. The molecule has 0 fully saturated rings. The van der Waals surface area contributed by atoms with Crippen molar-refractivity contribution in [3.63, 3.8) is 0 Å². The van der Waals surface area contributed by atoms with Crippen LogP contribution in [0.1, 0.15) is 17.3 Å². The van der Waals surface area contributed by atoms with Crippen LogP contribution in [-0.2, 0) is 4.74 Å². The fourth-order valence-corrected chi connectivity index (χ4v) is 1.63. The van der Waals surface area contributed by atoms with Crippen molar-refractivity contribution in [1.82, 2.24) is 4.90 Å². The summed E-state index contributed by atoms with van der Waals surface area (Å²) in [6, 6.07) is 4.28. The lowest BCUT2D eigenvalue weighted by Gasteiger charge is -2.24. The average Bonchev–Trinajstić information content (AvgIpc) is 2.31. The number of halogens is 2. The third kappa shape index (κ3) is 3.51. The Kier molecular flexibility index (Phi) is 5.08. The molecule has 1 unspecified atom stereocenters. The van der Waals surface area contributed by atoms with Gasteiger partial charge in [-0.25, -0.2) is 4.39 Å². The molecule has 0 heterocycles. The Hall–Kier alpha value is -0.940. The summed E-state index contributed by atoms with van der Waals surface area (Å²) in [6.07, 6.45) is 0. The Bertz CT molecular complexity index is 411. The second-order valence-corrected chi connectivity index (χ2v) is 4.70. The Balaban J connectivity index is 2.85. The van der Waals surface area contributed by atoms with Gasteiger partial charge in [0, 0.05) is 19.7 Å². The lowest BCUT2D eigenvalue weighted by atomic mass is 10.2. The highest BCUT2D eigenvalue weighted by Gasteiger charge is 2.18. The van der Waals surface area contributed by atoms with Gasteiger partial charge >= 0.3 is 0 Å². The summed E-state index contributed by atoms with van der Waals surface area (Å²) in [7, 11) is 3.25. The number of methoxy groups -OCH3 is 1. The van der Waals surface area contributed by atoms with Gasteiger partial charge < -0.3 is 9.64 Å². The van der Waals surface area contributed by atoms with E-state index in [-0.39, 0.29) is 11.9 Å². The van der Waals surface area contributed by atoms with Gasteiger partial charge in [-0.15, -0.1) is 0 Å². The Morgan fingerprint density at radius 3 is 2.76 bits per heavy atom. The van der Waals surface area contributed by atoms with E-state index in [0.717, 1.165) is 0 Å². The minimum Gasteiger partial charge on any atom is -0.383 e. The molecule has 0 spiro atoms. The van der Waals surface area contributed by atoms with E-state index >= 15 is 0 Å². The van der Waals surface area contributed by atoms with Crippen LogP contribution in [0.25, 0.3) is 0 Å². The first-order chi connectivity index (χ1) is 7.97. The minimum absolute atomic E-state index is 0.0563. The topological polar surface area (TPSA) is 29.5 Å². The van der Waals surface area contributed by atoms with Gasteiger partial charge in [0.2, 0.25) is 0 Å². The molecule has 94 valence electrons. The molecular formula is C12H15BrFNO2. The van der Waals surface area contributed by atoms with Crippen molar-refractivity contribution in [2.75, 3.05) is 20.8 Å². The molecule has 17 heavy (non-hydrogen) atoms. The van der Waals surface area contributed by atoms with Gasteiger partial charge in [0.1, 0.15) is 5.82 Å². The van der Waals surface area contributed by atoms with Crippen LogP contribution in [-0.4, -0.2) is 37.6 Å². The van der Waals surface area contributed by atoms with Gasteiger partial charge in [0.15, 0.2) is 0 Å². The highest BCUT2D eigenvalue weighted by atomic mass is 79.9. The Labute approximate surface area is 109 Å². The number of carbonyl (C=O) groups is 1. The fourth-order valence-electron chi connectivity index (χ4n) is 1.39. The monoisotopic (exact) mass is 303 g/mol. The average molecular weight is 304 g/mol. The minimum atomic E-state index is -0.441. The van der Waals surface area contributed by atoms with Crippen LogP contribution in [0.4, 0.5) is 4.39 Å². The van der Waals surface area contributed by atoms with Crippen LogP contribution in [0, 0.1) is 5.82 Å². The molecule has 0 radical (unpaired) electrons. The summed E-state index contributed by atoms with van der Waals surface area (Å²) in [4.78, 5) is 13.5. The summed E-state index contributed by atoms with van der Waals surface area (Å²) in [5.74, 6) is -0.662. The van der Waals surface area contributed by atoms with E-state index in [0.29, 0.717) is 16.6 Å². The van der Waals surface area contributed by atoms with E-state index in [1.54, 1.807) is 20.2 Å². The molecule has 0 aliphatic heterocycles. The fraction of sp³-hybridized carbons (Fsp3) is 0.417. The molecule has 1 aromatic carbocycles. The number of carbonyl (C=O) groups excluding carboxylic acids is 1. The van der Waals surface area contributed by atoms with Gasteiger partial charge in [0.25, 0.3) is 5.91 Å². The summed E-state index contributed by atoms with van der Waals surface area (Å²) in [5.41, 5.74) is 0.330. The molecule has 3 nitrogen and oxygen atoms in total. The molecule has 0 aliphatic carbocycles. The normalized spacial score (nSPS) is 12.3.